The molecule has 18 heavy (non-hydrogen) atoms. The Morgan fingerprint density at radius 3 is 3.11 bits per heavy atom. The Balaban J connectivity index is 1.79. The van der Waals surface area contributed by atoms with Crippen molar-refractivity contribution in [2.45, 2.75) is 5.37 Å². The summed E-state index contributed by atoms with van der Waals surface area (Å²) in [7, 11) is 0. The highest BCUT2D eigenvalue weighted by molar-refractivity contribution is 8.03. The molecular weight excluding hydrogens is 276 g/mol. The zero-order valence-electron chi connectivity index (χ0n) is 8.77. The second kappa shape index (κ2) is 4.14. The Morgan fingerprint density at radius 2 is 2.44 bits per heavy atom. The predicted octanol–water partition coefficient (Wildman–Crippen LogP) is 1.94. The standard InChI is InChI=1S/C10H6N2O4S2/c13-8-6(3-5-1-2-11-18-5)9-12(8)7(4-17-9)16-10(14)15/h1-4,9H,(H,14,15)/b6-3-/t9-/m0/s1. The summed E-state index contributed by atoms with van der Waals surface area (Å²) in [6, 6.07) is 1.81. The fourth-order valence-electron chi connectivity index (χ4n) is 1.70. The van der Waals surface area contributed by atoms with Crippen LogP contribution in [0.15, 0.2) is 29.1 Å². The normalized spacial score (nSPS) is 23.7. The van der Waals surface area contributed by atoms with Gasteiger partial charge in [0.05, 0.1) is 5.57 Å². The maximum Gasteiger partial charge on any atom is 0.512 e. The number of hydrogen-bond donors (Lipinski definition) is 1. The van der Waals surface area contributed by atoms with Crippen LogP contribution < -0.4 is 0 Å². The lowest BCUT2D eigenvalue weighted by atomic mass is 10.1. The summed E-state index contributed by atoms with van der Waals surface area (Å²) < 4.78 is 8.47. The van der Waals surface area contributed by atoms with Crippen molar-refractivity contribution in [3.8, 4) is 0 Å². The van der Waals surface area contributed by atoms with E-state index >= 15 is 0 Å². The number of nitrogens with zero attached hydrogens (tertiary/aromatic N) is 2. The Morgan fingerprint density at radius 1 is 1.61 bits per heavy atom. The van der Waals surface area contributed by atoms with Gasteiger partial charge in [0.1, 0.15) is 5.37 Å². The van der Waals surface area contributed by atoms with Crippen LogP contribution in [0.3, 0.4) is 0 Å². The molecule has 0 aromatic carbocycles. The molecule has 1 aromatic rings. The zero-order chi connectivity index (χ0) is 12.7. The molecule has 1 N–H and O–H groups in total. The van der Waals surface area contributed by atoms with E-state index < -0.39 is 6.16 Å². The van der Waals surface area contributed by atoms with Crippen molar-refractivity contribution < 1.29 is 19.4 Å². The van der Waals surface area contributed by atoms with E-state index in [1.165, 1.54) is 33.6 Å². The first-order valence-electron chi connectivity index (χ1n) is 4.89. The quantitative estimate of drug-likeness (QED) is 0.507. The van der Waals surface area contributed by atoms with Crippen molar-refractivity contribution in [3.63, 3.8) is 0 Å². The first-order valence-corrected chi connectivity index (χ1v) is 6.60. The zero-order valence-corrected chi connectivity index (χ0v) is 10.4. The molecule has 92 valence electrons. The fraction of sp³-hybridized carbons (Fsp3) is 0.100. The van der Waals surface area contributed by atoms with Crippen molar-refractivity contribution in [3.05, 3.63) is 34.0 Å². The number of amides is 1. The molecule has 0 aliphatic carbocycles. The minimum absolute atomic E-state index is 0.0731. The third-order valence-electron chi connectivity index (χ3n) is 2.45. The molecule has 3 heterocycles. The predicted molar refractivity (Wildman–Crippen MR) is 65.5 cm³/mol. The fourth-order valence-corrected chi connectivity index (χ4v) is 3.29. The molecule has 1 amide bonds. The van der Waals surface area contributed by atoms with Crippen LogP contribution in [0.2, 0.25) is 0 Å². The minimum atomic E-state index is -1.42. The Bertz CT molecular complexity index is 579. The molecule has 2 aliphatic heterocycles. The average Bonchev–Trinajstić information content (AvgIpc) is 2.92. The highest BCUT2D eigenvalue weighted by Crippen LogP contribution is 2.45. The first kappa shape index (κ1) is 11.3. The van der Waals surface area contributed by atoms with Crippen molar-refractivity contribution in [1.82, 2.24) is 9.27 Å². The minimum Gasteiger partial charge on any atom is -0.449 e. The third kappa shape index (κ3) is 1.70. The highest BCUT2D eigenvalue weighted by atomic mass is 32.2. The van der Waals surface area contributed by atoms with Crippen molar-refractivity contribution >= 4 is 41.4 Å². The monoisotopic (exact) mass is 282 g/mol. The van der Waals surface area contributed by atoms with Gasteiger partial charge in [-0.2, -0.15) is 0 Å². The SMILES string of the molecule is O=C(O)OC1=CS[C@H]2/C(=C\c3ccns3)C(=O)N12. The Hall–Kier alpha value is -1.80. The molecule has 0 spiro atoms. The van der Waals surface area contributed by atoms with E-state index in [2.05, 4.69) is 9.11 Å². The van der Waals surface area contributed by atoms with Crippen LogP contribution in [0, 0.1) is 0 Å². The third-order valence-corrected chi connectivity index (χ3v) is 4.20. The number of hydrogen-bond acceptors (Lipinski definition) is 6. The summed E-state index contributed by atoms with van der Waals surface area (Å²) in [4.78, 5) is 24.5. The molecule has 1 atom stereocenters. The summed E-state index contributed by atoms with van der Waals surface area (Å²) in [6.07, 6.45) is 2.01. The van der Waals surface area contributed by atoms with Gasteiger partial charge in [-0.05, 0) is 23.7 Å². The van der Waals surface area contributed by atoms with Crippen LogP contribution in [-0.2, 0) is 9.53 Å². The summed E-state index contributed by atoms with van der Waals surface area (Å²) in [6.45, 7) is 0. The summed E-state index contributed by atoms with van der Waals surface area (Å²) >= 11 is 2.65. The molecule has 1 fully saturated rings. The number of rotatable bonds is 2. The van der Waals surface area contributed by atoms with Gasteiger partial charge in [-0.15, -0.1) is 0 Å². The maximum absolute atomic E-state index is 11.9. The molecule has 0 saturated carbocycles. The molecule has 2 aliphatic rings. The molecule has 3 rings (SSSR count). The lowest BCUT2D eigenvalue weighted by molar-refractivity contribution is -0.133. The molecule has 0 radical (unpaired) electrons. The largest absolute Gasteiger partial charge is 0.512 e. The van der Waals surface area contributed by atoms with E-state index in [-0.39, 0.29) is 17.2 Å². The molecular formula is C10H6N2O4S2. The van der Waals surface area contributed by atoms with Gasteiger partial charge >= 0.3 is 6.16 Å². The lowest BCUT2D eigenvalue weighted by Gasteiger charge is -2.36. The number of thioether (sulfide) groups is 1. The van der Waals surface area contributed by atoms with Gasteiger partial charge in [-0.1, -0.05) is 11.8 Å². The van der Waals surface area contributed by atoms with Gasteiger partial charge in [0.25, 0.3) is 5.91 Å². The number of β-lactam (4-membered cyclic amide) rings is 1. The van der Waals surface area contributed by atoms with Gasteiger partial charge in [-0.25, -0.2) is 9.17 Å². The smallest absolute Gasteiger partial charge is 0.449 e. The molecule has 6 nitrogen and oxygen atoms in total. The number of fused-ring (bicyclic) bond motifs is 1. The molecule has 0 unspecified atom stereocenters. The van der Waals surface area contributed by atoms with E-state index in [1.807, 2.05) is 6.07 Å². The number of ether oxygens (including phenoxy) is 1. The summed E-state index contributed by atoms with van der Waals surface area (Å²) in [5.41, 5.74) is 0.629. The summed E-state index contributed by atoms with van der Waals surface area (Å²) in [5.74, 6) is -0.158. The Kier molecular flexibility index (Phi) is 2.60. The van der Waals surface area contributed by atoms with Gasteiger partial charge < -0.3 is 9.84 Å². The number of carboxylic acid groups (broad SMARTS) is 1. The second-order valence-corrected chi connectivity index (χ2v) is 5.32. The first-order chi connectivity index (χ1) is 8.66. The van der Waals surface area contributed by atoms with Crippen molar-refractivity contribution in [2.24, 2.45) is 0 Å². The van der Waals surface area contributed by atoms with Crippen LogP contribution in [0.1, 0.15) is 4.88 Å². The van der Waals surface area contributed by atoms with Gasteiger partial charge in [0, 0.05) is 16.5 Å². The van der Waals surface area contributed by atoms with Gasteiger partial charge in [0.15, 0.2) is 0 Å². The average molecular weight is 282 g/mol. The lowest BCUT2D eigenvalue weighted by Crippen LogP contribution is -2.50. The van der Waals surface area contributed by atoms with E-state index in [0.717, 1.165) is 4.88 Å². The van der Waals surface area contributed by atoms with Crippen LogP contribution in [0.5, 0.6) is 0 Å². The number of carbonyl (C=O) groups is 2. The van der Waals surface area contributed by atoms with E-state index in [1.54, 1.807) is 12.3 Å². The van der Waals surface area contributed by atoms with Crippen LogP contribution >= 0.6 is 23.3 Å². The van der Waals surface area contributed by atoms with Crippen LogP contribution in [0.4, 0.5) is 4.79 Å². The highest BCUT2D eigenvalue weighted by Gasteiger charge is 2.49. The molecule has 0 bridgehead atoms. The molecule has 1 aromatic heterocycles. The summed E-state index contributed by atoms with van der Waals surface area (Å²) in [5, 5.41) is 9.88. The molecule has 8 heteroatoms. The number of carbonyl (C=O) groups excluding carboxylic acids is 1. The Labute approximate surface area is 110 Å². The van der Waals surface area contributed by atoms with Crippen LogP contribution in [-0.4, -0.2) is 31.8 Å². The van der Waals surface area contributed by atoms with Gasteiger partial charge in [0.2, 0.25) is 5.88 Å². The topological polar surface area (TPSA) is 79.7 Å². The second-order valence-electron chi connectivity index (χ2n) is 3.50. The van der Waals surface area contributed by atoms with Crippen molar-refractivity contribution in [2.75, 3.05) is 0 Å². The number of aromatic nitrogens is 1. The van der Waals surface area contributed by atoms with Crippen molar-refractivity contribution in [1.29, 1.82) is 0 Å². The van der Waals surface area contributed by atoms with E-state index in [4.69, 9.17) is 5.11 Å². The van der Waals surface area contributed by atoms with E-state index in [9.17, 15) is 9.59 Å². The van der Waals surface area contributed by atoms with E-state index in [0.29, 0.717) is 5.57 Å². The maximum atomic E-state index is 11.9. The van der Waals surface area contributed by atoms with Gasteiger partial charge in [-0.3, -0.25) is 9.69 Å². The van der Waals surface area contributed by atoms with Crippen LogP contribution in [0.25, 0.3) is 6.08 Å². The molecule has 1 saturated heterocycles.